The molecule has 1 aromatic rings. The second-order valence-electron chi connectivity index (χ2n) is 4.30. The minimum atomic E-state index is -0.946. The predicted octanol–water partition coefficient (Wildman–Crippen LogP) is 2.94. The number of thioether (sulfide) groups is 1. The third kappa shape index (κ3) is 3.28. The third-order valence-electron chi connectivity index (χ3n) is 2.92. The van der Waals surface area contributed by atoms with Crippen LogP contribution in [0.5, 0.6) is 0 Å². The number of halogens is 1. The number of methoxy groups -OCH3 is 1. The fourth-order valence-corrected chi connectivity index (χ4v) is 2.83. The zero-order valence-corrected chi connectivity index (χ0v) is 12.9. The van der Waals surface area contributed by atoms with Crippen LogP contribution in [0.3, 0.4) is 0 Å². The first-order valence-corrected chi connectivity index (χ1v) is 7.24. The van der Waals surface area contributed by atoms with Gasteiger partial charge in [-0.1, -0.05) is 23.7 Å². The molecule has 21 heavy (non-hydrogen) atoms. The van der Waals surface area contributed by atoms with E-state index in [2.05, 4.69) is 4.74 Å². The Balaban J connectivity index is 2.25. The predicted molar refractivity (Wildman–Crippen MR) is 80.7 cm³/mol. The van der Waals surface area contributed by atoms with Gasteiger partial charge in [0.05, 0.1) is 12.0 Å². The molecule has 0 aliphatic carbocycles. The van der Waals surface area contributed by atoms with E-state index in [1.54, 1.807) is 30.3 Å². The van der Waals surface area contributed by atoms with Crippen molar-refractivity contribution in [1.29, 1.82) is 0 Å². The van der Waals surface area contributed by atoms with E-state index in [1.807, 2.05) is 0 Å². The van der Waals surface area contributed by atoms with E-state index in [1.165, 1.54) is 14.0 Å². The summed E-state index contributed by atoms with van der Waals surface area (Å²) in [5, 5.41) is 0.0951. The van der Waals surface area contributed by atoms with Gasteiger partial charge in [0.1, 0.15) is 6.04 Å². The van der Waals surface area contributed by atoms with Crippen molar-refractivity contribution >= 4 is 46.6 Å². The molecule has 1 fully saturated rings. The molecule has 2 rings (SSSR count). The number of amides is 2. The first kappa shape index (κ1) is 15.6. The zero-order chi connectivity index (χ0) is 15.6. The maximum atomic E-state index is 12.2. The summed E-state index contributed by atoms with van der Waals surface area (Å²) in [6, 6.07) is 5.90. The molecule has 1 saturated heterocycles. The van der Waals surface area contributed by atoms with Crippen molar-refractivity contribution < 1.29 is 19.1 Å². The number of rotatable bonds is 3. The first-order valence-electron chi connectivity index (χ1n) is 6.04. The largest absolute Gasteiger partial charge is 0.467 e. The Labute approximate surface area is 130 Å². The van der Waals surface area contributed by atoms with Crippen molar-refractivity contribution in [1.82, 2.24) is 4.90 Å². The quantitative estimate of drug-likeness (QED) is 0.631. The highest BCUT2D eigenvalue weighted by Gasteiger charge is 2.41. The average Bonchev–Trinajstić information content (AvgIpc) is 2.74. The molecule has 1 aliphatic rings. The van der Waals surface area contributed by atoms with Crippen molar-refractivity contribution in [3.8, 4) is 0 Å². The Kier molecular flexibility index (Phi) is 4.69. The van der Waals surface area contributed by atoms with E-state index < -0.39 is 23.2 Å². The Morgan fingerprint density at radius 3 is 2.52 bits per heavy atom. The summed E-state index contributed by atoms with van der Waals surface area (Å²) in [5.41, 5.74) is 0.746. The van der Waals surface area contributed by atoms with Crippen molar-refractivity contribution in [2.45, 2.75) is 13.0 Å². The van der Waals surface area contributed by atoms with Gasteiger partial charge in [-0.25, -0.2) is 4.79 Å². The van der Waals surface area contributed by atoms with Crippen LogP contribution < -0.4 is 0 Å². The van der Waals surface area contributed by atoms with Crippen LogP contribution >= 0.6 is 23.4 Å². The van der Waals surface area contributed by atoms with Crippen LogP contribution in [0.4, 0.5) is 4.79 Å². The molecule has 0 N–H and O–H groups in total. The summed E-state index contributed by atoms with van der Waals surface area (Å²) in [6.07, 6.45) is 1.59. The smallest absolute Gasteiger partial charge is 0.328 e. The van der Waals surface area contributed by atoms with Crippen LogP contribution in [-0.2, 0) is 14.3 Å². The molecule has 2 amide bonds. The average molecular weight is 326 g/mol. The Morgan fingerprint density at radius 2 is 1.95 bits per heavy atom. The minimum Gasteiger partial charge on any atom is -0.467 e. The van der Waals surface area contributed by atoms with E-state index in [0.29, 0.717) is 5.02 Å². The molecule has 5 nitrogen and oxygen atoms in total. The number of hydrogen-bond donors (Lipinski definition) is 0. The van der Waals surface area contributed by atoms with Crippen molar-refractivity contribution in [3.63, 3.8) is 0 Å². The Hall–Kier alpha value is -1.79. The molecule has 1 atom stereocenters. The van der Waals surface area contributed by atoms with Gasteiger partial charge in [-0.3, -0.25) is 14.5 Å². The number of ether oxygens (including phenoxy) is 1. The monoisotopic (exact) mass is 325 g/mol. The van der Waals surface area contributed by atoms with E-state index >= 15 is 0 Å². The second kappa shape index (κ2) is 6.32. The van der Waals surface area contributed by atoms with Crippen LogP contribution in [0.1, 0.15) is 12.5 Å². The topological polar surface area (TPSA) is 63.7 Å². The summed E-state index contributed by atoms with van der Waals surface area (Å²) in [4.78, 5) is 36.8. The van der Waals surface area contributed by atoms with E-state index in [-0.39, 0.29) is 4.91 Å². The maximum Gasteiger partial charge on any atom is 0.328 e. The van der Waals surface area contributed by atoms with Gasteiger partial charge in [-0.2, -0.15) is 0 Å². The van der Waals surface area contributed by atoms with E-state index in [0.717, 1.165) is 22.2 Å². The number of imide groups is 1. The van der Waals surface area contributed by atoms with Gasteiger partial charge in [0, 0.05) is 5.02 Å². The lowest BCUT2D eigenvalue weighted by Gasteiger charge is -2.18. The summed E-state index contributed by atoms with van der Waals surface area (Å²) in [7, 11) is 1.21. The molecule has 0 spiro atoms. The lowest BCUT2D eigenvalue weighted by Crippen LogP contribution is -2.42. The van der Waals surface area contributed by atoms with Crippen LogP contribution in [0, 0.1) is 0 Å². The third-order valence-corrected chi connectivity index (χ3v) is 4.06. The summed E-state index contributed by atoms with van der Waals surface area (Å²) >= 11 is 6.58. The highest BCUT2D eigenvalue weighted by atomic mass is 35.5. The maximum absolute atomic E-state index is 12.2. The normalized spacial score (nSPS) is 18.2. The number of benzene rings is 1. The number of carbonyl (C=O) groups is 3. The molecule has 1 aliphatic heterocycles. The first-order chi connectivity index (χ1) is 9.93. The van der Waals surface area contributed by atoms with Crippen molar-refractivity contribution in [2.24, 2.45) is 0 Å². The zero-order valence-electron chi connectivity index (χ0n) is 11.3. The molecule has 1 heterocycles. The fourth-order valence-electron chi connectivity index (χ4n) is 1.80. The fraction of sp³-hybridized carbons (Fsp3) is 0.214. The number of nitrogens with zero attached hydrogens (tertiary/aromatic N) is 1. The SMILES string of the molecule is COC(=O)C(C)N1C(=O)S/C(=C/c2ccc(Cl)cc2)C1=O. The van der Waals surface area contributed by atoms with Gasteiger partial charge in [0.2, 0.25) is 0 Å². The van der Waals surface area contributed by atoms with Crippen LogP contribution in [0.15, 0.2) is 29.2 Å². The lowest BCUT2D eigenvalue weighted by atomic mass is 10.2. The van der Waals surface area contributed by atoms with E-state index in [9.17, 15) is 14.4 Å². The van der Waals surface area contributed by atoms with Gasteiger partial charge < -0.3 is 4.74 Å². The van der Waals surface area contributed by atoms with Crippen molar-refractivity contribution in [3.05, 3.63) is 39.8 Å². The number of esters is 1. The van der Waals surface area contributed by atoms with Gasteiger partial charge in [0.25, 0.3) is 11.1 Å². The molecular weight excluding hydrogens is 314 g/mol. The van der Waals surface area contributed by atoms with Crippen LogP contribution in [0.2, 0.25) is 5.02 Å². The molecule has 0 aromatic heterocycles. The van der Waals surface area contributed by atoms with Crippen molar-refractivity contribution in [2.75, 3.05) is 7.11 Å². The standard InChI is InChI=1S/C14H12ClNO4S/c1-8(13(18)20-2)16-12(17)11(21-14(16)19)7-9-3-5-10(15)6-4-9/h3-8H,1-2H3/b11-7+. The summed E-state index contributed by atoms with van der Waals surface area (Å²) in [5.74, 6) is -1.14. The van der Waals surface area contributed by atoms with Gasteiger partial charge >= 0.3 is 5.97 Å². The number of carbonyl (C=O) groups excluding carboxylic acids is 3. The number of hydrogen-bond acceptors (Lipinski definition) is 5. The van der Waals surface area contributed by atoms with Gasteiger partial charge in [-0.05, 0) is 42.5 Å². The summed E-state index contributed by atoms with van der Waals surface area (Å²) in [6.45, 7) is 1.45. The Bertz CT molecular complexity index is 626. The molecule has 0 bridgehead atoms. The molecule has 7 heteroatoms. The van der Waals surface area contributed by atoms with E-state index in [4.69, 9.17) is 11.6 Å². The molecular formula is C14H12ClNO4S. The highest BCUT2D eigenvalue weighted by molar-refractivity contribution is 8.18. The second-order valence-corrected chi connectivity index (χ2v) is 5.73. The lowest BCUT2D eigenvalue weighted by molar-refractivity contribution is -0.148. The molecule has 0 radical (unpaired) electrons. The minimum absolute atomic E-state index is 0.262. The molecule has 1 aromatic carbocycles. The highest BCUT2D eigenvalue weighted by Crippen LogP contribution is 2.33. The van der Waals surface area contributed by atoms with Gasteiger partial charge in [-0.15, -0.1) is 0 Å². The summed E-state index contributed by atoms with van der Waals surface area (Å²) < 4.78 is 4.56. The van der Waals surface area contributed by atoms with Crippen LogP contribution in [-0.4, -0.2) is 35.2 Å². The molecule has 0 saturated carbocycles. The van der Waals surface area contributed by atoms with Crippen LogP contribution in [0.25, 0.3) is 6.08 Å². The molecule has 110 valence electrons. The van der Waals surface area contributed by atoms with Gasteiger partial charge in [0.15, 0.2) is 0 Å². The Morgan fingerprint density at radius 1 is 1.33 bits per heavy atom. The molecule has 1 unspecified atom stereocenters.